The molecular formula is C14H11N3O2. The molecule has 1 N–H and O–H groups in total. The topological polar surface area (TPSA) is 60.0 Å². The Morgan fingerprint density at radius 2 is 1.32 bits per heavy atom. The SMILES string of the molecule is c1ccc(Oc2n[nH]c(Oc3ccccc3)n2)cc1. The molecule has 0 saturated carbocycles. The lowest BCUT2D eigenvalue weighted by Gasteiger charge is -1.99. The van der Waals surface area contributed by atoms with Crippen LogP contribution in [0.5, 0.6) is 23.5 Å². The summed E-state index contributed by atoms with van der Waals surface area (Å²) in [7, 11) is 0. The van der Waals surface area contributed by atoms with Crippen molar-refractivity contribution >= 4 is 0 Å². The van der Waals surface area contributed by atoms with Crippen molar-refractivity contribution in [1.29, 1.82) is 0 Å². The van der Waals surface area contributed by atoms with Crippen molar-refractivity contribution in [3.8, 4) is 23.5 Å². The second-order valence-corrected chi connectivity index (χ2v) is 3.75. The summed E-state index contributed by atoms with van der Waals surface area (Å²) in [6.07, 6.45) is 0. The fourth-order valence-corrected chi connectivity index (χ4v) is 1.52. The van der Waals surface area contributed by atoms with Crippen molar-refractivity contribution in [2.75, 3.05) is 0 Å². The first-order valence-electron chi connectivity index (χ1n) is 5.78. The van der Waals surface area contributed by atoms with Crippen molar-refractivity contribution in [2.45, 2.75) is 0 Å². The first-order chi connectivity index (χ1) is 9.40. The van der Waals surface area contributed by atoms with E-state index in [1.807, 2.05) is 60.7 Å². The molecule has 5 nitrogen and oxygen atoms in total. The smallest absolute Gasteiger partial charge is 0.344 e. The van der Waals surface area contributed by atoms with Crippen LogP contribution in [0.4, 0.5) is 0 Å². The zero-order valence-corrected chi connectivity index (χ0v) is 9.98. The van der Waals surface area contributed by atoms with Gasteiger partial charge in [0.1, 0.15) is 11.5 Å². The summed E-state index contributed by atoms with van der Waals surface area (Å²) in [5.41, 5.74) is 0. The van der Waals surface area contributed by atoms with E-state index < -0.39 is 0 Å². The molecule has 3 aromatic rings. The number of rotatable bonds is 4. The number of nitrogens with zero attached hydrogens (tertiary/aromatic N) is 2. The van der Waals surface area contributed by atoms with Crippen LogP contribution in [-0.4, -0.2) is 15.2 Å². The standard InChI is InChI=1S/C14H11N3O2/c1-3-7-11(8-4-1)18-13-15-14(17-16-13)19-12-9-5-2-6-10-12/h1-10H,(H,15,16,17). The van der Waals surface area contributed by atoms with Crippen molar-refractivity contribution in [3.05, 3.63) is 60.7 Å². The lowest BCUT2D eigenvalue weighted by molar-refractivity contribution is 0.428. The average Bonchev–Trinajstić information content (AvgIpc) is 2.88. The number of aromatic amines is 1. The molecule has 0 spiro atoms. The number of nitrogens with one attached hydrogen (secondary N) is 1. The molecule has 2 aromatic carbocycles. The van der Waals surface area contributed by atoms with Crippen molar-refractivity contribution < 1.29 is 9.47 Å². The fraction of sp³-hybridized carbons (Fsp3) is 0. The Labute approximate surface area is 109 Å². The minimum Gasteiger partial charge on any atom is -0.425 e. The molecule has 1 heterocycles. The Morgan fingerprint density at radius 3 is 1.95 bits per heavy atom. The monoisotopic (exact) mass is 253 g/mol. The van der Waals surface area contributed by atoms with E-state index in [9.17, 15) is 0 Å². The Bertz CT molecular complexity index is 582. The van der Waals surface area contributed by atoms with Crippen LogP contribution in [0.1, 0.15) is 0 Å². The molecule has 19 heavy (non-hydrogen) atoms. The van der Waals surface area contributed by atoms with E-state index in [-0.39, 0.29) is 12.0 Å². The zero-order chi connectivity index (χ0) is 12.9. The largest absolute Gasteiger partial charge is 0.425 e. The normalized spacial score (nSPS) is 10.1. The average molecular weight is 253 g/mol. The van der Waals surface area contributed by atoms with Crippen LogP contribution < -0.4 is 9.47 Å². The highest BCUT2D eigenvalue weighted by Gasteiger charge is 2.06. The van der Waals surface area contributed by atoms with E-state index in [0.717, 1.165) is 0 Å². The summed E-state index contributed by atoms with van der Waals surface area (Å²) >= 11 is 0. The summed E-state index contributed by atoms with van der Waals surface area (Å²) in [6, 6.07) is 19.2. The quantitative estimate of drug-likeness (QED) is 0.774. The lowest BCUT2D eigenvalue weighted by atomic mass is 10.3. The molecule has 0 fully saturated rings. The Kier molecular flexibility index (Phi) is 3.10. The summed E-state index contributed by atoms with van der Waals surface area (Å²) in [5.74, 6) is 1.36. The molecule has 0 bridgehead atoms. The molecular weight excluding hydrogens is 242 g/mol. The first-order valence-corrected chi connectivity index (χ1v) is 5.78. The van der Waals surface area contributed by atoms with Gasteiger partial charge in [0.15, 0.2) is 0 Å². The lowest BCUT2D eigenvalue weighted by Crippen LogP contribution is -1.86. The Hall–Kier alpha value is -2.82. The predicted octanol–water partition coefficient (Wildman–Crippen LogP) is 3.39. The molecule has 3 rings (SSSR count). The second-order valence-electron chi connectivity index (χ2n) is 3.75. The van der Waals surface area contributed by atoms with Crippen LogP contribution >= 0.6 is 0 Å². The van der Waals surface area contributed by atoms with Gasteiger partial charge in [-0.2, -0.15) is 0 Å². The van der Waals surface area contributed by atoms with Gasteiger partial charge in [-0.15, -0.1) is 10.1 Å². The highest BCUT2D eigenvalue weighted by molar-refractivity contribution is 5.26. The maximum Gasteiger partial charge on any atom is 0.344 e. The zero-order valence-electron chi connectivity index (χ0n) is 9.98. The minimum atomic E-state index is 0.220. The molecule has 0 atom stereocenters. The summed E-state index contributed by atoms with van der Waals surface area (Å²) in [6.45, 7) is 0. The summed E-state index contributed by atoms with van der Waals surface area (Å²) in [4.78, 5) is 4.09. The van der Waals surface area contributed by atoms with Crippen LogP contribution in [0, 0.1) is 0 Å². The third-order valence-electron chi connectivity index (χ3n) is 2.35. The van der Waals surface area contributed by atoms with Crippen LogP contribution in [0.25, 0.3) is 0 Å². The van der Waals surface area contributed by atoms with Gasteiger partial charge in [0.25, 0.3) is 0 Å². The molecule has 0 unspecified atom stereocenters. The molecule has 1 aromatic heterocycles. The number of benzene rings is 2. The van der Waals surface area contributed by atoms with Crippen molar-refractivity contribution in [2.24, 2.45) is 0 Å². The van der Waals surface area contributed by atoms with Gasteiger partial charge >= 0.3 is 12.0 Å². The third-order valence-corrected chi connectivity index (χ3v) is 2.35. The van der Waals surface area contributed by atoms with Gasteiger partial charge in [-0.1, -0.05) is 36.4 Å². The Morgan fingerprint density at radius 1 is 0.737 bits per heavy atom. The molecule has 0 aliphatic carbocycles. The van der Waals surface area contributed by atoms with Gasteiger partial charge < -0.3 is 9.47 Å². The molecule has 0 radical (unpaired) electrons. The van der Waals surface area contributed by atoms with E-state index in [1.54, 1.807) is 0 Å². The van der Waals surface area contributed by atoms with E-state index in [2.05, 4.69) is 15.2 Å². The van der Waals surface area contributed by atoms with E-state index in [1.165, 1.54) is 0 Å². The molecule has 0 amide bonds. The number of para-hydroxylation sites is 2. The molecule has 0 aliphatic heterocycles. The van der Waals surface area contributed by atoms with Gasteiger partial charge in [-0.05, 0) is 24.3 Å². The van der Waals surface area contributed by atoms with Gasteiger partial charge in [-0.25, -0.2) is 5.10 Å². The highest BCUT2D eigenvalue weighted by Crippen LogP contribution is 2.21. The van der Waals surface area contributed by atoms with Gasteiger partial charge in [-0.3, -0.25) is 0 Å². The predicted molar refractivity (Wildman–Crippen MR) is 69.4 cm³/mol. The van der Waals surface area contributed by atoms with Crippen LogP contribution in [0.2, 0.25) is 0 Å². The van der Waals surface area contributed by atoms with E-state index >= 15 is 0 Å². The van der Waals surface area contributed by atoms with Crippen LogP contribution in [0.15, 0.2) is 60.7 Å². The second kappa shape index (κ2) is 5.22. The van der Waals surface area contributed by atoms with Crippen LogP contribution in [-0.2, 0) is 0 Å². The minimum absolute atomic E-state index is 0.220. The Balaban J connectivity index is 1.70. The van der Waals surface area contributed by atoms with E-state index in [4.69, 9.17) is 9.47 Å². The van der Waals surface area contributed by atoms with Crippen molar-refractivity contribution in [3.63, 3.8) is 0 Å². The van der Waals surface area contributed by atoms with Gasteiger partial charge in [0, 0.05) is 0 Å². The third kappa shape index (κ3) is 2.90. The number of hydrogen-bond acceptors (Lipinski definition) is 4. The van der Waals surface area contributed by atoms with Gasteiger partial charge in [0.05, 0.1) is 0 Å². The summed E-state index contributed by atoms with van der Waals surface area (Å²) < 4.78 is 11.0. The maximum atomic E-state index is 5.49. The summed E-state index contributed by atoms with van der Waals surface area (Å²) in [5, 5.41) is 6.59. The maximum absolute atomic E-state index is 5.49. The number of ether oxygens (including phenoxy) is 2. The molecule has 94 valence electrons. The van der Waals surface area contributed by atoms with E-state index in [0.29, 0.717) is 11.5 Å². The van der Waals surface area contributed by atoms with Crippen LogP contribution in [0.3, 0.4) is 0 Å². The fourth-order valence-electron chi connectivity index (χ4n) is 1.52. The highest BCUT2D eigenvalue weighted by atomic mass is 16.5. The molecule has 0 aliphatic rings. The first kappa shape index (κ1) is 11.3. The number of aromatic nitrogens is 3. The molecule has 5 heteroatoms. The number of hydrogen-bond donors (Lipinski definition) is 1. The number of H-pyrrole nitrogens is 1. The van der Waals surface area contributed by atoms with Crippen molar-refractivity contribution in [1.82, 2.24) is 15.2 Å². The molecule has 0 saturated heterocycles. The van der Waals surface area contributed by atoms with Gasteiger partial charge in [0.2, 0.25) is 0 Å².